The summed E-state index contributed by atoms with van der Waals surface area (Å²) in [5.74, 6) is 0. The maximum atomic E-state index is 12.2. The Morgan fingerprint density at radius 1 is 1.50 bits per heavy atom. The standard InChI is InChI=1S/C11H20N4O2S/c1-10-5-3-4-6-15(10)18(16,17)13-8-11-7-12-14(2)9-11/h7,9-10,13H,3-6,8H2,1-2H3. The number of nitrogens with one attached hydrogen (secondary N) is 1. The molecule has 6 nitrogen and oxygen atoms in total. The third kappa shape index (κ3) is 3.09. The average Bonchev–Trinajstić information content (AvgIpc) is 2.73. The molecule has 0 amide bonds. The lowest BCUT2D eigenvalue weighted by Crippen LogP contribution is -2.47. The monoisotopic (exact) mass is 272 g/mol. The zero-order valence-electron chi connectivity index (χ0n) is 10.8. The van der Waals surface area contributed by atoms with Crippen LogP contribution in [0.5, 0.6) is 0 Å². The summed E-state index contributed by atoms with van der Waals surface area (Å²) in [5.41, 5.74) is 0.866. The van der Waals surface area contributed by atoms with Crippen LogP contribution < -0.4 is 4.72 Å². The highest BCUT2D eigenvalue weighted by Gasteiger charge is 2.28. The molecule has 0 aromatic carbocycles. The fourth-order valence-corrected chi connectivity index (χ4v) is 3.71. The number of hydrogen-bond acceptors (Lipinski definition) is 3. The minimum Gasteiger partial charge on any atom is -0.275 e. The van der Waals surface area contributed by atoms with Gasteiger partial charge in [-0.05, 0) is 19.8 Å². The van der Waals surface area contributed by atoms with Crippen molar-refractivity contribution in [3.63, 3.8) is 0 Å². The summed E-state index contributed by atoms with van der Waals surface area (Å²) in [4.78, 5) is 0. The lowest BCUT2D eigenvalue weighted by atomic mass is 10.1. The highest BCUT2D eigenvalue weighted by Crippen LogP contribution is 2.19. The van der Waals surface area contributed by atoms with E-state index in [4.69, 9.17) is 0 Å². The van der Waals surface area contributed by atoms with Crippen molar-refractivity contribution in [3.05, 3.63) is 18.0 Å². The van der Waals surface area contributed by atoms with Gasteiger partial charge in [0.05, 0.1) is 6.20 Å². The van der Waals surface area contributed by atoms with Gasteiger partial charge in [-0.25, -0.2) is 0 Å². The number of rotatable bonds is 4. The smallest absolute Gasteiger partial charge is 0.275 e. The normalized spacial score (nSPS) is 22.2. The Balaban J connectivity index is 1.98. The van der Waals surface area contributed by atoms with Crippen molar-refractivity contribution in [2.75, 3.05) is 6.54 Å². The lowest BCUT2D eigenvalue weighted by Gasteiger charge is -2.32. The van der Waals surface area contributed by atoms with Crippen molar-refractivity contribution >= 4 is 10.2 Å². The summed E-state index contributed by atoms with van der Waals surface area (Å²) in [6.07, 6.45) is 6.46. The third-order valence-electron chi connectivity index (χ3n) is 3.27. The van der Waals surface area contributed by atoms with Gasteiger partial charge in [-0.1, -0.05) is 6.42 Å². The van der Waals surface area contributed by atoms with E-state index in [-0.39, 0.29) is 6.04 Å². The van der Waals surface area contributed by atoms with Gasteiger partial charge in [0.15, 0.2) is 0 Å². The van der Waals surface area contributed by atoms with Crippen LogP contribution in [0.1, 0.15) is 31.7 Å². The molecule has 1 aromatic heterocycles. The second-order valence-electron chi connectivity index (χ2n) is 4.80. The molecule has 1 aliphatic rings. The predicted molar refractivity (Wildman–Crippen MR) is 69.0 cm³/mol. The van der Waals surface area contributed by atoms with Gasteiger partial charge in [-0.3, -0.25) is 4.68 Å². The van der Waals surface area contributed by atoms with Crippen LogP contribution in [0.3, 0.4) is 0 Å². The lowest BCUT2D eigenvalue weighted by molar-refractivity contribution is 0.265. The Morgan fingerprint density at radius 3 is 2.89 bits per heavy atom. The summed E-state index contributed by atoms with van der Waals surface area (Å²) < 4.78 is 30.2. The van der Waals surface area contributed by atoms with Crippen LogP contribution in [0, 0.1) is 0 Å². The van der Waals surface area contributed by atoms with Crippen LogP contribution in [0.2, 0.25) is 0 Å². The van der Waals surface area contributed by atoms with Gasteiger partial charge < -0.3 is 0 Å². The molecule has 1 aliphatic heterocycles. The molecular weight excluding hydrogens is 252 g/mol. The molecule has 1 aromatic rings. The van der Waals surface area contributed by atoms with Crippen molar-refractivity contribution in [1.82, 2.24) is 18.8 Å². The van der Waals surface area contributed by atoms with Gasteiger partial charge >= 0.3 is 0 Å². The van der Waals surface area contributed by atoms with Crippen molar-refractivity contribution in [2.24, 2.45) is 7.05 Å². The SMILES string of the molecule is CC1CCCCN1S(=O)(=O)NCc1cnn(C)c1. The first-order valence-corrected chi connectivity index (χ1v) is 7.67. The van der Waals surface area contributed by atoms with Crippen molar-refractivity contribution in [1.29, 1.82) is 0 Å². The highest BCUT2D eigenvalue weighted by atomic mass is 32.2. The first-order chi connectivity index (χ1) is 8.49. The van der Waals surface area contributed by atoms with E-state index in [0.29, 0.717) is 13.1 Å². The molecule has 0 bridgehead atoms. The zero-order valence-corrected chi connectivity index (χ0v) is 11.7. The van der Waals surface area contributed by atoms with Gasteiger partial charge in [-0.2, -0.15) is 22.5 Å². The van der Waals surface area contributed by atoms with Crippen LogP contribution in [-0.2, 0) is 23.8 Å². The molecule has 0 radical (unpaired) electrons. The Hall–Kier alpha value is -0.920. The molecule has 7 heteroatoms. The largest absolute Gasteiger partial charge is 0.279 e. The van der Waals surface area contributed by atoms with E-state index in [0.717, 1.165) is 24.8 Å². The van der Waals surface area contributed by atoms with Gasteiger partial charge in [0.25, 0.3) is 10.2 Å². The topological polar surface area (TPSA) is 67.2 Å². The van der Waals surface area contributed by atoms with E-state index in [2.05, 4.69) is 9.82 Å². The Labute approximate surface area is 108 Å². The molecule has 0 aliphatic carbocycles. The minimum atomic E-state index is -3.38. The first kappa shape index (κ1) is 13.5. The van der Waals surface area contributed by atoms with Crippen LogP contribution in [0.4, 0.5) is 0 Å². The van der Waals surface area contributed by atoms with Crippen LogP contribution in [-0.4, -0.2) is 35.1 Å². The van der Waals surface area contributed by atoms with E-state index in [1.807, 2.05) is 20.2 Å². The van der Waals surface area contributed by atoms with E-state index >= 15 is 0 Å². The molecule has 0 saturated carbocycles. The van der Waals surface area contributed by atoms with Gasteiger partial charge in [0.2, 0.25) is 0 Å². The number of hydrogen-bond donors (Lipinski definition) is 1. The highest BCUT2D eigenvalue weighted by molar-refractivity contribution is 7.87. The van der Waals surface area contributed by atoms with E-state index in [1.54, 1.807) is 15.2 Å². The van der Waals surface area contributed by atoms with Crippen LogP contribution >= 0.6 is 0 Å². The Morgan fingerprint density at radius 2 is 2.28 bits per heavy atom. The fourth-order valence-electron chi connectivity index (χ4n) is 2.25. The van der Waals surface area contributed by atoms with Crippen molar-refractivity contribution in [3.8, 4) is 0 Å². The molecule has 2 rings (SSSR count). The van der Waals surface area contributed by atoms with E-state index in [9.17, 15) is 8.42 Å². The maximum absolute atomic E-state index is 12.2. The van der Waals surface area contributed by atoms with Crippen molar-refractivity contribution < 1.29 is 8.42 Å². The molecule has 0 spiro atoms. The second kappa shape index (κ2) is 5.38. The molecule has 2 heterocycles. The molecule has 1 unspecified atom stereocenters. The van der Waals surface area contributed by atoms with Gasteiger partial charge in [-0.15, -0.1) is 0 Å². The second-order valence-corrected chi connectivity index (χ2v) is 6.51. The summed E-state index contributed by atoms with van der Waals surface area (Å²) >= 11 is 0. The molecule has 1 fully saturated rings. The van der Waals surface area contributed by atoms with Gasteiger partial charge in [0, 0.05) is 37.9 Å². The first-order valence-electron chi connectivity index (χ1n) is 6.23. The fraction of sp³-hybridized carbons (Fsp3) is 0.727. The summed E-state index contributed by atoms with van der Waals surface area (Å²) in [7, 11) is -1.56. The summed E-state index contributed by atoms with van der Waals surface area (Å²) in [6.45, 7) is 2.87. The number of nitrogens with zero attached hydrogens (tertiary/aromatic N) is 3. The van der Waals surface area contributed by atoms with E-state index in [1.165, 1.54) is 0 Å². The number of aryl methyl sites for hydroxylation is 1. The molecule has 102 valence electrons. The molecule has 18 heavy (non-hydrogen) atoms. The molecular formula is C11H20N4O2S. The molecule has 1 atom stereocenters. The van der Waals surface area contributed by atoms with Crippen LogP contribution in [0.15, 0.2) is 12.4 Å². The quantitative estimate of drug-likeness (QED) is 0.874. The number of piperidine rings is 1. The summed E-state index contributed by atoms with van der Waals surface area (Å²) in [6, 6.07) is 0.0881. The minimum absolute atomic E-state index is 0.0881. The number of aromatic nitrogens is 2. The van der Waals surface area contributed by atoms with Crippen LogP contribution in [0.25, 0.3) is 0 Å². The maximum Gasteiger partial charge on any atom is 0.279 e. The zero-order chi connectivity index (χ0) is 13.2. The van der Waals surface area contributed by atoms with Crippen molar-refractivity contribution in [2.45, 2.75) is 38.8 Å². The third-order valence-corrected chi connectivity index (χ3v) is 4.94. The van der Waals surface area contributed by atoms with E-state index < -0.39 is 10.2 Å². The molecule has 1 saturated heterocycles. The average molecular weight is 272 g/mol. The van der Waals surface area contributed by atoms with Gasteiger partial charge in [0.1, 0.15) is 0 Å². The predicted octanol–water partition coefficient (Wildman–Crippen LogP) is 0.629. The Kier molecular flexibility index (Phi) is 4.04. The summed E-state index contributed by atoms with van der Waals surface area (Å²) in [5, 5.41) is 4.01. The molecule has 1 N–H and O–H groups in total. The Bertz CT molecular complexity index is 497.